The molecule has 0 aliphatic carbocycles. The van der Waals surface area contributed by atoms with Gasteiger partial charge in [0, 0.05) is 9.75 Å². The van der Waals surface area contributed by atoms with Crippen molar-refractivity contribution in [2.24, 2.45) is 0 Å². The maximum Gasteiger partial charge on any atom is 0.0673 e. The van der Waals surface area contributed by atoms with Crippen molar-refractivity contribution in [3.05, 3.63) is 56.3 Å². The molecule has 2 rings (SSSR count). The van der Waals surface area contributed by atoms with Crippen molar-refractivity contribution in [3.63, 3.8) is 0 Å². The molecule has 0 aliphatic heterocycles. The van der Waals surface area contributed by atoms with Crippen LogP contribution in [0.5, 0.6) is 0 Å². The fourth-order valence-corrected chi connectivity index (χ4v) is 3.44. The first-order valence-corrected chi connectivity index (χ1v) is 7.72. The van der Waals surface area contributed by atoms with Gasteiger partial charge in [-0.05, 0) is 68.6 Å². The lowest BCUT2D eigenvalue weighted by atomic mass is 9.95. The van der Waals surface area contributed by atoms with E-state index in [1.807, 2.05) is 11.3 Å². The largest absolute Gasteiger partial charge is 0.306 e. The van der Waals surface area contributed by atoms with Crippen molar-refractivity contribution in [3.8, 4) is 0 Å². The van der Waals surface area contributed by atoms with Gasteiger partial charge in [0.2, 0.25) is 0 Å². The first-order valence-electron chi connectivity index (χ1n) is 6.90. The van der Waals surface area contributed by atoms with Gasteiger partial charge in [0.15, 0.2) is 0 Å². The summed E-state index contributed by atoms with van der Waals surface area (Å²) in [7, 11) is 0. The molecule has 0 aliphatic rings. The second-order valence-corrected chi connectivity index (χ2v) is 6.55. The van der Waals surface area contributed by atoms with Gasteiger partial charge < -0.3 is 5.32 Å². The Kier molecular flexibility index (Phi) is 4.43. The van der Waals surface area contributed by atoms with Crippen LogP contribution >= 0.6 is 11.3 Å². The highest BCUT2D eigenvalue weighted by molar-refractivity contribution is 7.12. The van der Waals surface area contributed by atoms with Gasteiger partial charge in [0.1, 0.15) is 0 Å². The molecule has 1 atom stereocenters. The Hall–Kier alpha value is -1.12. The quantitative estimate of drug-likeness (QED) is 0.853. The van der Waals surface area contributed by atoms with Crippen LogP contribution in [-0.2, 0) is 0 Å². The summed E-state index contributed by atoms with van der Waals surface area (Å²) in [5.41, 5.74) is 5.53. The molecule has 1 nitrogen and oxygen atoms in total. The number of hydrogen-bond acceptors (Lipinski definition) is 2. The molecule has 2 aromatic rings. The first kappa shape index (κ1) is 14.3. The predicted octanol–water partition coefficient (Wildman–Crippen LogP) is 4.68. The number of nitrogens with one attached hydrogen (secondary N) is 1. The van der Waals surface area contributed by atoms with E-state index >= 15 is 0 Å². The van der Waals surface area contributed by atoms with Gasteiger partial charge in [0.05, 0.1) is 6.04 Å². The Balaban J connectivity index is 2.47. The molecule has 1 aromatic carbocycles. The average Bonchev–Trinajstić information content (AvgIpc) is 2.78. The second kappa shape index (κ2) is 5.89. The topological polar surface area (TPSA) is 12.0 Å². The van der Waals surface area contributed by atoms with Crippen LogP contribution in [0.1, 0.15) is 45.0 Å². The van der Waals surface area contributed by atoms with Crippen molar-refractivity contribution in [1.29, 1.82) is 0 Å². The number of benzene rings is 1. The fourth-order valence-electron chi connectivity index (χ4n) is 2.47. The van der Waals surface area contributed by atoms with Gasteiger partial charge in [-0.1, -0.05) is 19.1 Å². The van der Waals surface area contributed by atoms with Gasteiger partial charge in [-0.2, -0.15) is 0 Å². The number of rotatable bonds is 4. The molecule has 0 amide bonds. The molecule has 1 heterocycles. The standard InChI is InChI=1S/C17H23NS/c1-6-18-17(16-8-7-14(5)19-16)15-10-12(3)11(2)9-13(15)4/h7-10,17-18H,6H2,1-5H3. The Morgan fingerprint density at radius 1 is 1.00 bits per heavy atom. The molecule has 2 heteroatoms. The molecule has 0 radical (unpaired) electrons. The normalized spacial score (nSPS) is 12.7. The molecule has 19 heavy (non-hydrogen) atoms. The van der Waals surface area contributed by atoms with Crippen LogP contribution in [0.2, 0.25) is 0 Å². The lowest BCUT2D eigenvalue weighted by Crippen LogP contribution is -2.22. The van der Waals surface area contributed by atoms with E-state index in [-0.39, 0.29) is 0 Å². The summed E-state index contributed by atoms with van der Waals surface area (Å²) in [6, 6.07) is 9.42. The minimum atomic E-state index is 0.322. The molecule has 0 saturated carbocycles. The van der Waals surface area contributed by atoms with Crippen LogP contribution in [0.15, 0.2) is 24.3 Å². The summed E-state index contributed by atoms with van der Waals surface area (Å²) in [6.45, 7) is 11.9. The average molecular weight is 273 g/mol. The summed E-state index contributed by atoms with van der Waals surface area (Å²) >= 11 is 1.89. The lowest BCUT2D eigenvalue weighted by Gasteiger charge is -2.20. The van der Waals surface area contributed by atoms with Gasteiger partial charge in [-0.15, -0.1) is 11.3 Å². The molecule has 1 unspecified atom stereocenters. The van der Waals surface area contributed by atoms with Crippen LogP contribution in [0.3, 0.4) is 0 Å². The molecule has 0 bridgehead atoms. The third-order valence-electron chi connectivity index (χ3n) is 3.65. The smallest absolute Gasteiger partial charge is 0.0673 e. The molecule has 1 N–H and O–H groups in total. The monoisotopic (exact) mass is 273 g/mol. The summed E-state index contributed by atoms with van der Waals surface area (Å²) in [5, 5.41) is 3.63. The molecule has 0 saturated heterocycles. The van der Waals surface area contributed by atoms with Crippen LogP contribution in [0.25, 0.3) is 0 Å². The molecular formula is C17H23NS. The highest BCUT2D eigenvalue weighted by atomic mass is 32.1. The maximum absolute atomic E-state index is 3.63. The lowest BCUT2D eigenvalue weighted by molar-refractivity contribution is 0.636. The van der Waals surface area contributed by atoms with Crippen molar-refractivity contribution >= 4 is 11.3 Å². The Bertz CT molecular complexity index is 569. The van der Waals surface area contributed by atoms with Gasteiger partial charge in [-0.25, -0.2) is 0 Å². The highest BCUT2D eigenvalue weighted by Gasteiger charge is 2.17. The third kappa shape index (κ3) is 3.07. The summed E-state index contributed by atoms with van der Waals surface area (Å²) in [5.74, 6) is 0. The summed E-state index contributed by atoms with van der Waals surface area (Å²) in [6.07, 6.45) is 0. The van der Waals surface area contributed by atoms with Crippen molar-refractivity contribution in [1.82, 2.24) is 5.32 Å². The van der Waals surface area contributed by atoms with Gasteiger partial charge in [0.25, 0.3) is 0 Å². The zero-order valence-corrected chi connectivity index (χ0v) is 13.3. The van der Waals surface area contributed by atoms with Crippen molar-refractivity contribution in [2.75, 3.05) is 6.54 Å². The van der Waals surface area contributed by atoms with Crippen LogP contribution in [0, 0.1) is 27.7 Å². The number of thiophene rings is 1. The minimum Gasteiger partial charge on any atom is -0.306 e. The van der Waals surface area contributed by atoms with E-state index in [0.29, 0.717) is 6.04 Å². The maximum atomic E-state index is 3.63. The third-order valence-corrected chi connectivity index (χ3v) is 4.71. The zero-order valence-electron chi connectivity index (χ0n) is 12.5. The SMILES string of the molecule is CCNC(c1ccc(C)s1)c1cc(C)c(C)cc1C. The van der Waals surface area contributed by atoms with Crippen molar-refractivity contribution in [2.45, 2.75) is 40.7 Å². The van der Waals surface area contributed by atoms with E-state index in [1.54, 1.807) is 0 Å². The summed E-state index contributed by atoms with van der Waals surface area (Å²) in [4.78, 5) is 2.78. The van der Waals surface area contributed by atoms with Crippen LogP contribution in [-0.4, -0.2) is 6.54 Å². The first-order chi connectivity index (χ1) is 9.02. The Morgan fingerprint density at radius 2 is 1.68 bits per heavy atom. The molecule has 0 fully saturated rings. The number of aryl methyl sites for hydroxylation is 4. The van der Waals surface area contributed by atoms with Crippen LogP contribution < -0.4 is 5.32 Å². The van der Waals surface area contributed by atoms with E-state index in [2.05, 4.69) is 64.2 Å². The number of hydrogen-bond donors (Lipinski definition) is 1. The second-order valence-electron chi connectivity index (χ2n) is 5.23. The van der Waals surface area contributed by atoms with E-state index in [4.69, 9.17) is 0 Å². The van der Waals surface area contributed by atoms with E-state index in [1.165, 1.54) is 32.0 Å². The predicted molar refractivity (Wildman–Crippen MR) is 85.2 cm³/mol. The van der Waals surface area contributed by atoms with E-state index in [0.717, 1.165) is 6.54 Å². The highest BCUT2D eigenvalue weighted by Crippen LogP contribution is 2.31. The molecule has 1 aromatic heterocycles. The Morgan fingerprint density at radius 3 is 2.26 bits per heavy atom. The summed E-state index contributed by atoms with van der Waals surface area (Å²) < 4.78 is 0. The van der Waals surface area contributed by atoms with E-state index in [9.17, 15) is 0 Å². The van der Waals surface area contributed by atoms with Crippen molar-refractivity contribution < 1.29 is 0 Å². The van der Waals surface area contributed by atoms with Gasteiger partial charge in [-0.3, -0.25) is 0 Å². The molecule has 102 valence electrons. The van der Waals surface area contributed by atoms with Gasteiger partial charge >= 0.3 is 0 Å². The Labute approximate surface area is 120 Å². The van der Waals surface area contributed by atoms with E-state index < -0.39 is 0 Å². The fraction of sp³-hybridized carbons (Fsp3) is 0.412. The van der Waals surface area contributed by atoms with Crippen LogP contribution in [0.4, 0.5) is 0 Å². The molecular weight excluding hydrogens is 250 g/mol. The minimum absolute atomic E-state index is 0.322. The zero-order chi connectivity index (χ0) is 14.0. The molecule has 0 spiro atoms.